The number of nitrogens with two attached hydrogens (primary N) is 1. The zero-order valence-corrected chi connectivity index (χ0v) is 14.9. The molecule has 0 fully saturated rings. The number of allylic oxidation sites excluding steroid dienone is 1. The minimum atomic E-state index is -4.02. The third-order valence-corrected chi connectivity index (χ3v) is 4.52. The lowest BCUT2D eigenvalue weighted by atomic mass is 10.1. The van der Waals surface area contributed by atoms with Crippen LogP contribution < -0.4 is 10.6 Å². The molecule has 0 unspecified atom stereocenters. The first kappa shape index (κ1) is 18.9. The van der Waals surface area contributed by atoms with Crippen LogP contribution in [-0.4, -0.2) is 20.5 Å². The molecule has 0 atom stereocenters. The highest BCUT2D eigenvalue weighted by molar-refractivity contribution is 7.89. The van der Waals surface area contributed by atoms with E-state index >= 15 is 0 Å². The number of benzene rings is 2. The van der Waals surface area contributed by atoms with Crippen LogP contribution in [0.25, 0.3) is 6.08 Å². The Hall–Kier alpha value is -2.48. The molecule has 0 aromatic heterocycles. The lowest BCUT2D eigenvalue weighted by molar-refractivity contribution is 0.0955. The van der Waals surface area contributed by atoms with Gasteiger partial charge in [-0.1, -0.05) is 48.0 Å². The average Bonchev–Trinajstić information content (AvgIpc) is 2.55. The van der Waals surface area contributed by atoms with Crippen LogP contribution >= 0.6 is 11.6 Å². The first-order valence-electron chi connectivity index (χ1n) is 7.16. The number of nitrogens with one attached hydrogen (secondary N) is 1. The van der Waals surface area contributed by atoms with Crippen LogP contribution in [0.2, 0.25) is 5.02 Å². The Balaban J connectivity index is 2.09. The van der Waals surface area contributed by atoms with E-state index in [1.54, 1.807) is 0 Å². The lowest BCUT2D eigenvalue weighted by Gasteiger charge is -2.05. The number of amides is 1. The predicted molar refractivity (Wildman–Crippen MR) is 98.9 cm³/mol. The Morgan fingerprint density at radius 3 is 2.52 bits per heavy atom. The van der Waals surface area contributed by atoms with E-state index in [0.29, 0.717) is 0 Å². The molecule has 2 aromatic carbocycles. The SMILES string of the molecule is CC(/C=N\NC(=O)c1ccc(Cl)c(S(N)(=O)=O)c1)=C\c1ccccc1. The van der Waals surface area contributed by atoms with Gasteiger partial charge in [-0.15, -0.1) is 0 Å². The first-order valence-corrected chi connectivity index (χ1v) is 9.09. The van der Waals surface area contributed by atoms with Gasteiger partial charge < -0.3 is 0 Å². The molecule has 0 spiro atoms. The number of primary sulfonamides is 1. The minimum Gasteiger partial charge on any atom is -0.267 e. The van der Waals surface area contributed by atoms with Gasteiger partial charge in [0, 0.05) is 5.56 Å². The van der Waals surface area contributed by atoms with Crippen molar-refractivity contribution in [1.29, 1.82) is 0 Å². The number of rotatable bonds is 5. The molecule has 130 valence electrons. The van der Waals surface area contributed by atoms with Crippen LogP contribution in [0.5, 0.6) is 0 Å². The summed E-state index contributed by atoms with van der Waals surface area (Å²) in [6.07, 6.45) is 3.39. The molecule has 0 aliphatic rings. The Labute approximate surface area is 151 Å². The van der Waals surface area contributed by atoms with Crippen molar-refractivity contribution in [2.24, 2.45) is 10.2 Å². The van der Waals surface area contributed by atoms with E-state index in [1.165, 1.54) is 18.3 Å². The lowest BCUT2D eigenvalue weighted by Crippen LogP contribution is -2.19. The molecule has 0 aliphatic heterocycles. The summed E-state index contributed by atoms with van der Waals surface area (Å²) in [7, 11) is -4.02. The van der Waals surface area contributed by atoms with Crippen molar-refractivity contribution >= 4 is 39.8 Å². The smallest absolute Gasteiger partial charge is 0.267 e. The molecular weight excluding hydrogens is 362 g/mol. The largest absolute Gasteiger partial charge is 0.271 e. The zero-order chi connectivity index (χ0) is 18.4. The number of hydrogen-bond acceptors (Lipinski definition) is 4. The van der Waals surface area contributed by atoms with Crippen molar-refractivity contribution in [3.8, 4) is 0 Å². The molecule has 0 saturated carbocycles. The van der Waals surface area contributed by atoms with Crippen LogP contribution in [0.1, 0.15) is 22.8 Å². The molecule has 2 rings (SSSR count). The third-order valence-electron chi connectivity index (χ3n) is 3.13. The fourth-order valence-corrected chi connectivity index (χ4v) is 3.04. The standard InChI is InChI=1S/C17H16ClN3O3S/c1-12(9-13-5-3-2-4-6-13)11-20-21-17(22)14-7-8-15(18)16(10-14)25(19,23)24/h2-11H,1H3,(H,21,22)(H2,19,23,24)/b12-9+,20-11-. The number of sulfonamides is 1. The zero-order valence-electron chi connectivity index (χ0n) is 13.3. The maximum atomic E-state index is 12.1. The van der Waals surface area contributed by atoms with Crippen molar-refractivity contribution in [2.45, 2.75) is 11.8 Å². The number of carbonyl (C=O) groups is 1. The minimum absolute atomic E-state index is 0.0517. The second-order valence-corrected chi connectivity index (χ2v) is 7.13. The molecule has 1 amide bonds. The highest BCUT2D eigenvalue weighted by Gasteiger charge is 2.16. The van der Waals surface area contributed by atoms with Gasteiger partial charge in [-0.25, -0.2) is 19.0 Å². The van der Waals surface area contributed by atoms with Gasteiger partial charge in [-0.05, 0) is 36.3 Å². The van der Waals surface area contributed by atoms with Crippen molar-refractivity contribution in [1.82, 2.24) is 5.43 Å². The summed E-state index contributed by atoms with van der Waals surface area (Å²) < 4.78 is 22.9. The van der Waals surface area contributed by atoms with Crippen LogP contribution in [0, 0.1) is 0 Å². The Morgan fingerprint density at radius 2 is 1.88 bits per heavy atom. The average molecular weight is 378 g/mol. The third kappa shape index (κ3) is 5.53. The van der Waals surface area contributed by atoms with E-state index < -0.39 is 15.9 Å². The maximum Gasteiger partial charge on any atom is 0.271 e. The van der Waals surface area contributed by atoms with E-state index in [-0.39, 0.29) is 15.5 Å². The number of carbonyl (C=O) groups excluding carboxylic acids is 1. The van der Waals surface area contributed by atoms with Crippen LogP contribution in [0.4, 0.5) is 0 Å². The summed E-state index contributed by atoms with van der Waals surface area (Å²) in [4.78, 5) is 11.7. The summed E-state index contributed by atoms with van der Waals surface area (Å²) in [5, 5.41) is 8.86. The summed E-state index contributed by atoms with van der Waals surface area (Å²) in [6, 6.07) is 13.4. The van der Waals surface area contributed by atoms with Gasteiger partial charge >= 0.3 is 0 Å². The monoisotopic (exact) mass is 377 g/mol. The second-order valence-electron chi connectivity index (χ2n) is 5.19. The highest BCUT2D eigenvalue weighted by Crippen LogP contribution is 2.21. The van der Waals surface area contributed by atoms with E-state index in [9.17, 15) is 13.2 Å². The molecule has 0 bridgehead atoms. The van der Waals surface area contributed by atoms with Crippen LogP contribution in [0.3, 0.4) is 0 Å². The van der Waals surface area contributed by atoms with Gasteiger partial charge in [0.2, 0.25) is 10.0 Å². The Bertz CT molecular complexity index is 939. The van der Waals surface area contributed by atoms with Crippen molar-refractivity contribution in [3.63, 3.8) is 0 Å². The van der Waals surface area contributed by atoms with E-state index in [1.807, 2.05) is 43.3 Å². The van der Waals surface area contributed by atoms with E-state index in [4.69, 9.17) is 16.7 Å². The number of nitrogens with zero attached hydrogens (tertiary/aromatic N) is 1. The maximum absolute atomic E-state index is 12.1. The molecule has 25 heavy (non-hydrogen) atoms. The van der Waals surface area contributed by atoms with Gasteiger partial charge in [0.25, 0.3) is 5.91 Å². The van der Waals surface area contributed by atoms with Gasteiger partial charge in [0.05, 0.1) is 11.2 Å². The summed E-state index contributed by atoms with van der Waals surface area (Å²) in [5.41, 5.74) is 4.24. The summed E-state index contributed by atoms with van der Waals surface area (Å²) in [6.45, 7) is 1.84. The summed E-state index contributed by atoms with van der Waals surface area (Å²) in [5.74, 6) is -0.578. The quantitative estimate of drug-likeness (QED) is 0.618. The summed E-state index contributed by atoms with van der Waals surface area (Å²) >= 11 is 5.78. The van der Waals surface area contributed by atoms with Gasteiger partial charge in [-0.3, -0.25) is 4.79 Å². The van der Waals surface area contributed by atoms with Gasteiger partial charge in [-0.2, -0.15) is 5.10 Å². The van der Waals surface area contributed by atoms with E-state index in [2.05, 4.69) is 10.5 Å². The molecule has 8 heteroatoms. The molecule has 0 aliphatic carbocycles. The normalized spacial score (nSPS) is 12.4. The van der Waals surface area contributed by atoms with Crippen LogP contribution in [0.15, 0.2) is 64.1 Å². The fourth-order valence-electron chi connectivity index (χ4n) is 1.97. The number of halogens is 1. The van der Waals surface area contributed by atoms with Crippen molar-refractivity contribution in [3.05, 3.63) is 70.3 Å². The molecule has 0 saturated heterocycles. The van der Waals surface area contributed by atoms with Crippen molar-refractivity contribution in [2.75, 3.05) is 0 Å². The predicted octanol–water partition coefficient (Wildman–Crippen LogP) is 2.81. The number of hydrazone groups is 1. The molecule has 0 radical (unpaired) electrons. The molecule has 2 aromatic rings. The second kappa shape index (κ2) is 8.06. The Morgan fingerprint density at radius 1 is 1.20 bits per heavy atom. The Kier molecular flexibility index (Phi) is 6.08. The topological polar surface area (TPSA) is 102 Å². The van der Waals surface area contributed by atoms with Crippen molar-refractivity contribution < 1.29 is 13.2 Å². The molecular formula is C17H16ClN3O3S. The van der Waals surface area contributed by atoms with Gasteiger partial charge in [0.1, 0.15) is 4.90 Å². The van der Waals surface area contributed by atoms with Gasteiger partial charge in [0.15, 0.2) is 0 Å². The number of hydrogen-bond donors (Lipinski definition) is 2. The molecule has 3 N–H and O–H groups in total. The van der Waals surface area contributed by atoms with E-state index in [0.717, 1.165) is 17.2 Å². The first-order chi connectivity index (χ1) is 11.8. The molecule has 6 nitrogen and oxygen atoms in total. The van der Waals surface area contributed by atoms with Crippen LogP contribution in [-0.2, 0) is 10.0 Å². The molecule has 0 heterocycles. The fraction of sp³-hybridized carbons (Fsp3) is 0.0588. The highest BCUT2D eigenvalue weighted by atomic mass is 35.5.